The third-order valence-corrected chi connectivity index (χ3v) is 3.56. The molecule has 0 unspecified atom stereocenters. The molecule has 0 saturated heterocycles. The minimum Gasteiger partial charge on any atom is -0.352 e. The first-order chi connectivity index (χ1) is 10.7. The van der Waals surface area contributed by atoms with Crippen molar-refractivity contribution in [2.45, 2.75) is 6.54 Å². The van der Waals surface area contributed by atoms with E-state index in [2.05, 4.69) is 30.6 Å². The van der Waals surface area contributed by atoms with Crippen LogP contribution in [0.2, 0.25) is 0 Å². The Bertz CT molecular complexity index is 1030. The zero-order valence-electron chi connectivity index (χ0n) is 11.8. The summed E-state index contributed by atoms with van der Waals surface area (Å²) in [7, 11) is 1.71. The molecule has 8 heteroatoms. The molecule has 110 valence electrons. The van der Waals surface area contributed by atoms with Gasteiger partial charge in [-0.15, -0.1) is 0 Å². The van der Waals surface area contributed by atoms with E-state index in [1.54, 1.807) is 19.4 Å². The lowest BCUT2D eigenvalue weighted by Crippen LogP contribution is -2.15. The predicted octanol–water partition coefficient (Wildman–Crippen LogP) is 1.14. The summed E-state index contributed by atoms with van der Waals surface area (Å²) in [5, 5.41) is 15.1. The maximum Gasteiger partial charge on any atom is 0.278 e. The van der Waals surface area contributed by atoms with Crippen LogP contribution in [0.15, 0.2) is 35.4 Å². The van der Waals surface area contributed by atoms with Crippen LogP contribution in [0, 0.1) is 0 Å². The number of rotatable bonds is 3. The molecule has 3 heterocycles. The van der Waals surface area contributed by atoms with Crippen LogP contribution in [0.4, 0.5) is 5.95 Å². The van der Waals surface area contributed by atoms with Gasteiger partial charge in [0.1, 0.15) is 5.52 Å². The van der Waals surface area contributed by atoms with Crippen LogP contribution in [0.5, 0.6) is 0 Å². The number of aromatic nitrogens is 6. The SMILES string of the molecule is Cn1ncc2nc(NCc3ccc4[nH]ncc4c3)[nH]c(=O)c21. The third-order valence-electron chi connectivity index (χ3n) is 3.56. The summed E-state index contributed by atoms with van der Waals surface area (Å²) in [5.41, 5.74) is 2.89. The molecule has 22 heavy (non-hydrogen) atoms. The number of benzene rings is 1. The Kier molecular flexibility index (Phi) is 2.68. The van der Waals surface area contributed by atoms with Crippen LogP contribution in [0.1, 0.15) is 5.56 Å². The van der Waals surface area contributed by atoms with Gasteiger partial charge in [-0.1, -0.05) is 6.07 Å². The molecule has 8 nitrogen and oxygen atoms in total. The van der Waals surface area contributed by atoms with E-state index in [1.165, 1.54) is 4.68 Å². The molecule has 0 radical (unpaired) electrons. The quantitative estimate of drug-likeness (QED) is 0.526. The molecule has 4 aromatic rings. The summed E-state index contributed by atoms with van der Waals surface area (Å²) in [6.45, 7) is 0.551. The van der Waals surface area contributed by atoms with Crippen molar-refractivity contribution in [2.75, 3.05) is 5.32 Å². The summed E-state index contributed by atoms with van der Waals surface area (Å²) in [6.07, 6.45) is 3.36. The van der Waals surface area contributed by atoms with Crippen LogP contribution < -0.4 is 10.9 Å². The Morgan fingerprint density at radius 3 is 3.14 bits per heavy atom. The molecule has 3 N–H and O–H groups in total. The van der Waals surface area contributed by atoms with E-state index in [4.69, 9.17) is 0 Å². The van der Waals surface area contributed by atoms with Gasteiger partial charge in [-0.2, -0.15) is 10.2 Å². The number of anilines is 1. The fourth-order valence-electron chi connectivity index (χ4n) is 2.46. The van der Waals surface area contributed by atoms with Crippen molar-refractivity contribution in [3.05, 3.63) is 46.5 Å². The first-order valence-corrected chi connectivity index (χ1v) is 6.78. The van der Waals surface area contributed by atoms with Crippen LogP contribution in [-0.4, -0.2) is 29.9 Å². The topological polar surface area (TPSA) is 104 Å². The standard InChI is InChI=1S/C14H13N7O/c1-21-12-11(7-17-21)18-14(19-13(12)22)15-5-8-2-3-10-9(4-8)6-16-20-10/h2-4,6-7H,5H2,1H3,(H,16,20)(H2,15,18,19,22). The van der Waals surface area contributed by atoms with Crippen molar-refractivity contribution in [3.8, 4) is 0 Å². The predicted molar refractivity (Wildman–Crippen MR) is 82.6 cm³/mol. The van der Waals surface area contributed by atoms with E-state index in [1.807, 2.05) is 18.2 Å². The van der Waals surface area contributed by atoms with E-state index in [0.717, 1.165) is 16.5 Å². The van der Waals surface area contributed by atoms with E-state index < -0.39 is 0 Å². The smallest absolute Gasteiger partial charge is 0.278 e. The molecule has 0 amide bonds. The molecule has 1 aromatic carbocycles. The molecule has 0 saturated carbocycles. The summed E-state index contributed by atoms with van der Waals surface area (Å²) >= 11 is 0. The molecule has 0 fully saturated rings. The molecule has 0 aliphatic carbocycles. The fourth-order valence-corrected chi connectivity index (χ4v) is 2.46. The maximum absolute atomic E-state index is 12.0. The molecule has 0 bridgehead atoms. The fraction of sp³-hybridized carbons (Fsp3) is 0.143. The van der Waals surface area contributed by atoms with Gasteiger partial charge in [-0.25, -0.2) is 4.98 Å². The number of H-pyrrole nitrogens is 2. The number of fused-ring (bicyclic) bond motifs is 2. The van der Waals surface area contributed by atoms with Gasteiger partial charge < -0.3 is 5.32 Å². The van der Waals surface area contributed by atoms with Gasteiger partial charge >= 0.3 is 0 Å². The monoisotopic (exact) mass is 295 g/mol. The minimum absolute atomic E-state index is 0.210. The Labute approximate surface area is 124 Å². The van der Waals surface area contributed by atoms with Crippen molar-refractivity contribution in [1.29, 1.82) is 0 Å². The molecule has 0 atom stereocenters. The molecule has 4 rings (SSSR count). The highest BCUT2D eigenvalue weighted by molar-refractivity contribution is 5.78. The number of nitrogens with one attached hydrogen (secondary N) is 3. The van der Waals surface area contributed by atoms with Gasteiger partial charge in [0.2, 0.25) is 5.95 Å². The normalized spacial score (nSPS) is 11.3. The molecule has 0 aliphatic rings. The second-order valence-electron chi connectivity index (χ2n) is 5.06. The van der Waals surface area contributed by atoms with Crippen molar-refractivity contribution in [1.82, 2.24) is 29.9 Å². The maximum atomic E-state index is 12.0. The van der Waals surface area contributed by atoms with Gasteiger partial charge in [-0.3, -0.25) is 19.6 Å². The highest BCUT2D eigenvalue weighted by atomic mass is 16.1. The summed E-state index contributed by atoms with van der Waals surface area (Å²) < 4.78 is 1.51. The molecule has 0 spiro atoms. The molecule has 0 aliphatic heterocycles. The molecular formula is C14H13N7O. The van der Waals surface area contributed by atoms with Crippen molar-refractivity contribution in [2.24, 2.45) is 7.05 Å². The van der Waals surface area contributed by atoms with Crippen LogP contribution in [0.3, 0.4) is 0 Å². The van der Waals surface area contributed by atoms with Crippen molar-refractivity contribution >= 4 is 27.9 Å². The number of aromatic amines is 2. The number of nitrogens with zero attached hydrogens (tertiary/aromatic N) is 4. The Hall–Kier alpha value is -3.16. The summed E-state index contributed by atoms with van der Waals surface area (Å²) in [5.74, 6) is 0.429. The van der Waals surface area contributed by atoms with Gasteiger partial charge in [0, 0.05) is 19.0 Å². The lowest BCUT2D eigenvalue weighted by atomic mass is 10.1. The zero-order chi connectivity index (χ0) is 15.1. The van der Waals surface area contributed by atoms with Crippen molar-refractivity contribution < 1.29 is 0 Å². The summed E-state index contributed by atoms with van der Waals surface area (Å²) in [6, 6.07) is 6.00. The van der Waals surface area contributed by atoms with Gasteiger partial charge in [0.15, 0.2) is 5.52 Å². The van der Waals surface area contributed by atoms with Crippen LogP contribution >= 0.6 is 0 Å². The average molecular weight is 295 g/mol. The Balaban J connectivity index is 1.61. The lowest BCUT2D eigenvalue weighted by Gasteiger charge is -2.05. The summed E-state index contributed by atoms with van der Waals surface area (Å²) in [4.78, 5) is 19.1. The highest BCUT2D eigenvalue weighted by Crippen LogP contribution is 2.14. The number of hydrogen-bond donors (Lipinski definition) is 3. The van der Waals surface area contributed by atoms with E-state index in [-0.39, 0.29) is 5.56 Å². The number of aryl methyl sites for hydroxylation is 1. The first-order valence-electron chi connectivity index (χ1n) is 6.78. The van der Waals surface area contributed by atoms with Crippen molar-refractivity contribution in [3.63, 3.8) is 0 Å². The van der Waals surface area contributed by atoms with Gasteiger partial charge in [0.25, 0.3) is 5.56 Å². The minimum atomic E-state index is -0.210. The third kappa shape index (κ3) is 2.01. The highest BCUT2D eigenvalue weighted by Gasteiger charge is 2.08. The van der Waals surface area contributed by atoms with E-state index in [9.17, 15) is 4.79 Å². The lowest BCUT2D eigenvalue weighted by molar-refractivity contribution is 0.792. The van der Waals surface area contributed by atoms with Gasteiger partial charge in [-0.05, 0) is 17.7 Å². The van der Waals surface area contributed by atoms with Gasteiger partial charge in [0.05, 0.1) is 17.9 Å². The van der Waals surface area contributed by atoms with E-state index >= 15 is 0 Å². The zero-order valence-corrected chi connectivity index (χ0v) is 11.8. The second kappa shape index (κ2) is 4.69. The average Bonchev–Trinajstić information content (AvgIpc) is 3.11. The van der Waals surface area contributed by atoms with E-state index in [0.29, 0.717) is 23.5 Å². The van der Waals surface area contributed by atoms with Crippen LogP contribution in [0.25, 0.3) is 21.9 Å². The Morgan fingerprint density at radius 2 is 2.23 bits per heavy atom. The molecule has 3 aromatic heterocycles. The largest absolute Gasteiger partial charge is 0.352 e. The Morgan fingerprint density at radius 1 is 1.32 bits per heavy atom. The van der Waals surface area contributed by atoms with Crippen LogP contribution in [-0.2, 0) is 13.6 Å². The second-order valence-corrected chi connectivity index (χ2v) is 5.06. The number of hydrogen-bond acceptors (Lipinski definition) is 5. The molecular weight excluding hydrogens is 282 g/mol. The first kappa shape index (κ1) is 12.6.